The van der Waals surface area contributed by atoms with Crippen molar-refractivity contribution in [1.82, 2.24) is 0 Å². The van der Waals surface area contributed by atoms with Crippen molar-refractivity contribution < 1.29 is 29.3 Å². The second kappa shape index (κ2) is 14.7. The summed E-state index contributed by atoms with van der Waals surface area (Å²) in [5, 5.41) is 16.7. The van der Waals surface area contributed by atoms with Crippen LogP contribution in [0.25, 0.3) is 0 Å². The third-order valence-electron chi connectivity index (χ3n) is 2.40. The van der Waals surface area contributed by atoms with Gasteiger partial charge in [0.2, 0.25) is 0 Å². The van der Waals surface area contributed by atoms with Crippen molar-refractivity contribution in [3.8, 4) is 0 Å². The van der Waals surface area contributed by atoms with Crippen molar-refractivity contribution in [2.75, 3.05) is 26.9 Å². The number of rotatable bonds is 11. The minimum Gasteiger partial charge on any atom is -0.478 e. The van der Waals surface area contributed by atoms with Gasteiger partial charge in [-0.2, -0.15) is 0 Å². The fourth-order valence-electron chi connectivity index (χ4n) is 0.983. The minimum atomic E-state index is -0.952. The molecule has 122 valence electrons. The van der Waals surface area contributed by atoms with Crippen molar-refractivity contribution in [3.05, 3.63) is 24.3 Å². The first-order chi connectivity index (χ1) is 9.86. The number of carboxylic acid groups (broad SMARTS) is 2. The Balaban J connectivity index is 0. The fourth-order valence-corrected chi connectivity index (χ4v) is 0.983. The zero-order chi connectivity index (χ0) is 16.7. The first-order valence-corrected chi connectivity index (χ1v) is 6.75. The number of aliphatic carboxylic acids is 2. The lowest BCUT2D eigenvalue weighted by atomic mass is 10.2. The molecule has 0 amide bonds. The van der Waals surface area contributed by atoms with Crippen LogP contribution in [-0.2, 0) is 19.1 Å². The van der Waals surface area contributed by atoms with Crippen molar-refractivity contribution in [3.63, 3.8) is 0 Å². The summed E-state index contributed by atoms with van der Waals surface area (Å²) in [4.78, 5) is 20.3. The van der Waals surface area contributed by atoms with Gasteiger partial charge in [0, 0.05) is 37.7 Å². The number of carbonyl (C=O) groups is 2. The number of methoxy groups -OCH3 is 1. The summed E-state index contributed by atoms with van der Waals surface area (Å²) < 4.78 is 9.81. The Hall–Kier alpha value is -1.66. The lowest BCUT2D eigenvalue weighted by molar-refractivity contribution is -0.133. The van der Waals surface area contributed by atoms with E-state index in [1.165, 1.54) is 7.11 Å². The van der Waals surface area contributed by atoms with Crippen LogP contribution < -0.4 is 0 Å². The van der Waals surface area contributed by atoms with Gasteiger partial charge in [-0.25, -0.2) is 9.59 Å². The average Bonchev–Trinajstić information content (AvgIpc) is 2.44. The lowest BCUT2D eigenvalue weighted by Crippen LogP contribution is -2.04. The van der Waals surface area contributed by atoms with Crippen molar-refractivity contribution >= 4 is 11.9 Å². The molecule has 0 saturated heterocycles. The molecule has 0 fully saturated rings. The quantitative estimate of drug-likeness (QED) is 0.450. The van der Waals surface area contributed by atoms with Gasteiger partial charge in [-0.1, -0.05) is 26.5 Å². The van der Waals surface area contributed by atoms with E-state index < -0.39 is 11.9 Å². The molecule has 6 nitrogen and oxygen atoms in total. The highest BCUT2D eigenvalue weighted by atomic mass is 16.5. The summed E-state index contributed by atoms with van der Waals surface area (Å²) in [6.45, 7) is 10.4. The summed E-state index contributed by atoms with van der Waals surface area (Å²) in [6, 6.07) is 0. The molecule has 0 radical (unpaired) electrons. The Labute approximate surface area is 126 Å². The molecule has 0 rings (SSSR count). The highest BCUT2D eigenvalue weighted by Crippen LogP contribution is 1.98. The molecule has 0 unspecified atom stereocenters. The van der Waals surface area contributed by atoms with E-state index in [1.54, 1.807) is 0 Å². The van der Waals surface area contributed by atoms with E-state index in [2.05, 4.69) is 24.8 Å². The molecule has 6 heteroatoms. The molecule has 0 bridgehead atoms. The molecule has 0 spiro atoms. The Morgan fingerprint density at radius 1 is 0.952 bits per heavy atom. The second-order valence-electron chi connectivity index (χ2n) is 4.28. The third-order valence-corrected chi connectivity index (χ3v) is 2.40. The van der Waals surface area contributed by atoms with Gasteiger partial charge in [0.05, 0.1) is 13.2 Å². The maximum Gasteiger partial charge on any atom is 0.331 e. The zero-order valence-corrected chi connectivity index (χ0v) is 12.9. The van der Waals surface area contributed by atoms with Gasteiger partial charge in [-0.05, 0) is 6.42 Å². The molecule has 21 heavy (non-hydrogen) atoms. The highest BCUT2D eigenvalue weighted by molar-refractivity contribution is 5.86. The average molecular weight is 302 g/mol. The smallest absolute Gasteiger partial charge is 0.331 e. The first-order valence-electron chi connectivity index (χ1n) is 6.75. The SMILES string of the molecule is C=C(CCOC)C(=O)O.C=C(CCOCCCC)C(=O)O. The standard InChI is InChI=1S/C9H16O3.C6H10O3/c1-3-4-6-12-7-5-8(2)9(10)11;1-5(6(7)8)3-4-9-2/h2-7H2,1H3,(H,10,11);1,3-4H2,2H3,(H,7,8). The number of hydrogen-bond donors (Lipinski definition) is 2. The molecule has 0 aromatic heterocycles. The topological polar surface area (TPSA) is 93.1 Å². The molecular weight excluding hydrogens is 276 g/mol. The van der Waals surface area contributed by atoms with Gasteiger partial charge >= 0.3 is 11.9 Å². The van der Waals surface area contributed by atoms with Gasteiger partial charge in [-0.15, -0.1) is 0 Å². The molecule has 0 aliphatic heterocycles. The number of carboxylic acids is 2. The normalized spacial score (nSPS) is 9.43. The van der Waals surface area contributed by atoms with E-state index in [1.807, 2.05) is 0 Å². The van der Waals surface area contributed by atoms with Crippen molar-refractivity contribution in [2.45, 2.75) is 32.6 Å². The molecule has 0 saturated carbocycles. The largest absolute Gasteiger partial charge is 0.478 e. The molecule has 2 N–H and O–H groups in total. The van der Waals surface area contributed by atoms with E-state index in [-0.39, 0.29) is 11.1 Å². The fraction of sp³-hybridized carbons (Fsp3) is 0.600. The molecule has 0 heterocycles. The van der Waals surface area contributed by atoms with Gasteiger partial charge in [0.15, 0.2) is 0 Å². The predicted molar refractivity (Wildman–Crippen MR) is 80.4 cm³/mol. The Bertz CT molecular complexity index is 335. The Morgan fingerprint density at radius 3 is 1.81 bits per heavy atom. The van der Waals surface area contributed by atoms with Crippen LogP contribution in [0, 0.1) is 0 Å². The molecule has 0 aromatic rings. The lowest BCUT2D eigenvalue weighted by Gasteiger charge is -2.02. The molecule has 0 aromatic carbocycles. The van der Waals surface area contributed by atoms with Crippen LogP contribution in [0.3, 0.4) is 0 Å². The Morgan fingerprint density at radius 2 is 1.43 bits per heavy atom. The van der Waals surface area contributed by atoms with Gasteiger partial charge in [0.25, 0.3) is 0 Å². The highest BCUT2D eigenvalue weighted by Gasteiger charge is 2.02. The molecule has 0 atom stereocenters. The van der Waals surface area contributed by atoms with Gasteiger partial charge in [0.1, 0.15) is 0 Å². The van der Waals surface area contributed by atoms with E-state index in [0.29, 0.717) is 32.7 Å². The van der Waals surface area contributed by atoms with E-state index in [0.717, 1.165) is 12.8 Å². The zero-order valence-electron chi connectivity index (χ0n) is 12.9. The minimum absolute atomic E-state index is 0.192. The third kappa shape index (κ3) is 16.3. The summed E-state index contributed by atoms with van der Waals surface area (Å²) in [5.74, 6) is -1.89. The second-order valence-corrected chi connectivity index (χ2v) is 4.28. The van der Waals surface area contributed by atoms with Crippen molar-refractivity contribution in [2.24, 2.45) is 0 Å². The van der Waals surface area contributed by atoms with Crippen LogP contribution >= 0.6 is 0 Å². The molecular formula is C15H26O6. The molecule has 0 aliphatic carbocycles. The van der Waals surface area contributed by atoms with E-state index in [9.17, 15) is 9.59 Å². The first kappa shape index (κ1) is 21.6. The van der Waals surface area contributed by atoms with Crippen LogP contribution in [-0.4, -0.2) is 49.1 Å². The number of unbranched alkanes of at least 4 members (excludes halogenated alkanes) is 1. The predicted octanol–water partition coefficient (Wildman–Crippen LogP) is 2.50. The monoisotopic (exact) mass is 302 g/mol. The summed E-state index contributed by atoms with van der Waals surface area (Å²) in [5.41, 5.74) is 0.406. The van der Waals surface area contributed by atoms with Crippen LogP contribution in [0.4, 0.5) is 0 Å². The summed E-state index contributed by atoms with van der Waals surface area (Å²) >= 11 is 0. The Kier molecular flexibility index (Phi) is 15.2. The van der Waals surface area contributed by atoms with Crippen LogP contribution in [0.5, 0.6) is 0 Å². The maximum absolute atomic E-state index is 10.3. The van der Waals surface area contributed by atoms with Gasteiger partial charge < -0.3 is 19.7 Å². The van der Waals surface area contributed by atoms with Gasteiger partial charge in [-0.3, -0.25) is 0 Å². The van der Waals surface area contributed by atoms with E-state index >= 15 is 0 Å². The molecule has 0 aliphatic rings. The number of ether oxygens (including phenoxy) is 2. The van der Waals surface area contributed by atoms with Crippen LogP contribution in [0.1, 0.15) is 32.6 Å². The number of hydrogen-bond acceptors (Lipinski definition) is 4. The summed E-state index contributed by atoms with van der Waals surface area (Å²) in [6.07, 6.45) is 2.93. The maximum atomic E-state index is 10.3. The van der Waals surface area contributed by atoms with Crippen LogP contribution in [0.2, 0.25) is 0 Å². The van der Waals surface area contributed by atoms with Crippen LogP contribution in [0.15, 0.2) is 24.3 Å². The van der Waals surface area contributed by atoms with E-state index in [4.69, 9.17) is 14.9 Å². The summed E-state index contributed by atoms with van der Waals surface area (Å²) in [7, 11) is 1.52. The van der Waals surface area contributed by atoms with Crippen molar-refractivity contribution in [1.29, 1.82) is 0 Å².